The first-order chi connectivity index (χ1) is 6.43. The Hall–Kier alpha value is 0.310. The summed E-state index contributed by atoms with van der Waals surface area (Å²) < 4.78 is 27.1. The van der Waals surface area contributed by atoms with Crippen molar-refractivity contribution in [2.24, 2.45) is 0 Å². The third-order valence-electron chi connectivity index (χ3n) is 1.28. The second kappa shape index (κ2) is 4.89. The van der Waals surface area contributed by atoms with Gasteiger partial charge in [0.05, 0.1) is 0 Å². The molecule has 1 N–H and O–H groups in total. The van der Waals surface area contributed by atoms with Crippen molar-refractivity contribution in [2.45, 2.75) is 4.21 Å². The summed E-state index contributed by atoms with van der Waals surface area (Å²) in [7, 11) is -3.41. The van der Waals surface area contributed by atoms with Crippen LogP contribution in [0.15, 0.2) is 31.2 Å². The van der Waals surface area contributed by atoms with Gasteiger partial charge in [-0.2, -0.15) is 0 Å². The van der Waals surface area contributed by atoms with Gasteiger partial charge >= 0.3 is 0 Å². The molecule has 0 aromatic carbocycles. The standard InChI is InChI=1S/C7H7Br2NO2S2/c1-5(8)4-10-14(11,12)7-6(9)2-3-13-7/h2-3,10H,1,4H2. The fraction of sp³-hybridized carbons (Fsp3) is 0.143. The molecule has 3 nitrogen and oxygen atoms in total. The molecule has 0 aliphatic heterocycles. The molecule has 0 saturated heterocycles. The highest BCUT2D eigenvalue weighted by molar-refractivity contribution is 9.11. The first-order valence-electron chi connectivity index (χ1n) is 3.49. The van der Waals surface area contributed by atoms with Crippen LogP contribution in [0.5, 0.6) is 0 Å². The van der Waals surface area contributed by atoms with Gasteiger partial charge in [0.25, 0.3) is 10.0 Å². The minimum atomic E-state index is -3.41. The molecular weight excluding hydrogens is 354 g/mol. The molecule has 1 heterocycles. The Bertz CT molecular complexity index is 438. The first-order valence-corrected chi connectivity index (χ1v) is 7.44. The van der Waals surface area contributed by atoms with Crippen molar-refractivity contribution in [3.63, 3.8) is 0 Å². The van der Waals surface area contributed by atoms with E-state index in [4.69, 9.17) is 0 Å². The largest absolute Gasteiger partial charge is 0.251 e. The van der Waals surface area contributed by atoms with E-state index < -0.39 is 10.0 Å². The summed E-state index contributed by atoms with van der Waals surface area (Å²) in [6, 6.07) is 1.70. The molecule has 0 amide bonds. The lowest BCUT2D eigenvalue weighted by Crippen LogP contribution is -2.24. The van der Waals surface area contributed by atoms with E-state index in [0.29, 0.717) is 8.96 Å². The Morgan fingerprint density at radius 2 is 2.29 bits per heavy atom. The van der Waals surface area contributed by atoms with Crippen LogP contribution in [0.3, 0.4) is 0 Å². The molecule has 0 unspecified atom stereocenters. The molecule has 1 aromatic heterocycles. The van der Waals surface area contributed by atoms with E-state index in [2.05, 4.69) is 43.2 Å². The minimum absolute atomic E-state index is 0.187. The molecule has 0 radical (unpaired) electrons. The maximum absolute atomic E-state index is 11.6. The average Bonchev–Trinajstić information content (AvgIpc) is 2.48. The highest BCUT2D eigenvalue weighted by atomic mass is 79.9. The average molecular weight is 361 g/mol. The van der Waals surface area contributed by atoms with Crippen LogP contribution in [0.4, 0.5) is 0 Å². The maximum atomic E-state index is 11.6. The zero-order valence-electron chi connectivity index (χ0n) is 6.96. The van der Waals surface area contributed by atoms with E-state index in [1.54, 1.807) is 11.4 Å². The molecular formula is C7H7Br2NO2S2. The van der Waals surface area contributed by atoms with Gasteiger partial charge in [-0.25, -0.2) is 13.1 Å². The monoisotopic (exact) mass is 359 g/mol. The summed E-state index contributed by atoms with van der Waals surface area (Å²) in [5.41, 5.74) is 0. The van der Waals surface area contributed by atoms with E-state index in [-0.39, 0.29) is 10.8 Å². The van der Waals surface area contributed by atoms with Gasteiger partial charge in [-0.05, 0) is 27.4 Å². The number of hydrogen-bond donors (Lipinski definition) is 1. The quantitative estimate of drug-likeness (QED) is 0.897. The summed E-state index contributed by atoms with van der Waals surface area (Å²) in [5, 5.41) is 1.71. The highest BCUT2D eigenvalue weighted by Gasteiger charge is 2.18. The number of rotatable bonds is 4. The Kier molecular flexibility index (Phi) is 4.32. The third kappa shape index (κ3) is 3.16. The second-order valence-electron chi connectivity index (χ2n) is 2.40. The Labute approximate surface area is 104 Å². The zero-order valence-corrected chi connectivity index (χ0v) is 11.8. The SMILES string of the molecule is C=C(Br)CNS(=O)(=O)c1sccc1Br. The van der Waals surface area contributed by atoms with Gasteiger partial charge in [-0.3, -0.25) is 0 Å². The smallest absolute Gasteiger partial charge is 0.206 e. The van der Waals surface area contributed by atoms with Crippen molar-refractivity contribution in [3.8, 4) is 0 Å². The van der Waals surface area contributed by atoms with Gasteiger partial charge in [-0.15, -0.1) is 11.3 Å². The molecule has 14 heavy (non-hydrogen) atoms. The zero-order chi connectivity index (χ0) is 10.8. The molecule has 0 aliphatic carbocycles. The summed E-state index contributed by atoms with van der Waals surface area (Å²) in [5.74, 6) is 0. The van der Waals surface area contributed by atoms with Crippen LogP contribution in [0, 0.1) is 0 Å². The van der Waals surface area contributed by atoms with E-state index >= 15 is 0 Å². The van der Waals surface area contributed by atoms with E-state index in [1.807, 2.05) is 0 Å². The second-order valence-corrected chi connectivity index (χ2v) is 7.25. The van der Waals surface area contributed by atoms with Gasteiger partial charge in [0, 0.05) is 15.5 Å². The number of thiophene rings is 1. The lowest BCUT2D eigenvalue weighted by molar-refractivity contribution is 0.587. The molecule has 0 aliphatic rings. The van der Waals surface area contributed by atoms with E-state index in [0.717, 1.165) is 0 Å². The van der Waals surface area contributed by atoms with Gasteiger partial charge in [0.15, 0.2) is 0 Å². The van der Waals surface area contributed by atoms with Crippen LogP contribution in [-0.2, 0) is 10.0 Å². The minimum Gasteiger partial charge on any atom is -0.206 e. The lowest BCUT2D eigenvalue weighted by Gasteiger charge is -2.03. The molecule has 7 heteroatoms. The third-order valence-corrected chi connectivity index (χ3v) is 5.63. The highest BCUT2D eigenvalue weighted by Crippen LogP contribution is 2.27. The molecule has 1 rings (SSSR count). The normalized spacial score (nSPS) is 11.6. The predicted octanol–water partition coefficient (Wildman–Crippen LogP) is 2.70. The fourth-order valence-electron chi connectivity index (χ4n) is 0.710. The summed E-state index contributed by atoms with van der Waals surface area (Å²) in [4.78, 5) is 0. The summed E-state index contributed by atoms with van der Waals surface area (Å²) >= 11 is 7.41. The molecule has 1 aromatic rings. The van der Waals surface area contributed by atoms with Crippen molar-refractivity contribution in [2.75, 3.05) is 6.54 Å². The number of halogens is 2. The van der Waals surface area contributed by atoms with Crippen molar-refractivity contribution < 1.29 is 8.42 Å². The Morgan fingerprint density at radius 1 is 1.64 bits per heavy atom. The molecule has 78 valence electrons. The van der Waals surface area contributed by atoms with E-state index in [1.165, 1.54) is 11.3 Å². The van der Waals surface area contributed by atoms with Crippen LogP contribution in [0.2, 0.25) is 0 Å². The predicted molar refractivity (Wildman–Crippen MR) is 65.3 cm³/mol. The Morgan fingerprint density at radius 3 is 2.71 bits per heavy atom. The van der Waals surface area contributed by atoms with Crippen molar-refractivity contribution in [3.05, 3.63) is 27.0 Å². The molecule has 0 fully saturated rings. The van der Waals surface area contributed by atoms with Crippen LogP contribution in [0.1, 0.15) is 0 Å². The molecule has 0 spiro atoms. The van der Waals surface area contributed by atoms with Crippen molar-refractivity contribution >= 4 is 53.2 Å². The summed E-state index contributed by atoms with van der Waals surface area (Å²) in [6.45, 7) is 3.73. The summed E-state index contributed by atoms with van der Waals surface area (Å²) in [6.07, 6.45) is 0. The van der Waals surface area contributed by atoms with Gasteiger partial charge in [0.1, 0.15) is 4.21 Å². The van der Waals surface area contributed by atoms with Crippen molar-refractivity contribution in [1.82, 2.24) is 4.72 Å². The van der Waals surface area contributed by atoms with Crippen LogP contribution in [-0.4, -0.2) is 15.0 Å². The van der Waals surface area contributed by atoms with E-state index in [9.17, 15) is 8.42 Å². The van der Waals surface area contributed by atoms with Gasteiger partial charge in [-0.1, -0.05) is 22.5 Å². The maximum Gasteiger partial charge on any atom is 0.251 e. The molecule has 0 atom stereocenters. The number of hydrogen-bond acceptors (Lipinski definition) is 3. The van der Waals surface area contributed by atoms with Crippen LogP contribution >= 0.6 is 43.2 Å². The first kappa shape index (κ1) is 12.4. The lowest BCUT2D eigenvalue weighted by atomic mass is 10.7. The van der Waals surface area contributed by atoms with Crippen LogP contribution < -0.4 is 4.72 Å². The Balaban J connectivity index is 2.87. The topological polar surface area (TPSA) is 46.2 Å². The van der Waals surface area contributed by atoms with Gasteiger partial charge in [0.2, 0.25) is 0 Å². The van der Waals surface area contributed by atoms with Gasteiger partial charge < -0.3 is 0 Å². The number of nitrogens with one attached hydrogen (secondary N) is 1. The number of sulfonamides is 1. The molecule has 0 saturated carbocycles. The van der Waals surface area contributed by atoms with Crippen molar-refractivity contribution in [1.29, 1.82) is 0 Å². The van der Waals surface area contributed by atoms with Crippen LogP contribution in [0.25, 0.3) is 0 Å². The molecule has 0 bridgehead atoms. The fourth-order valence-corrected chi connectivity index (χ4v) is 4.44.